The second-order valence-corrected chi connectivity index (χ2v) is 1.57. The maximum atomic E-state index is 8.49. The van der Waals surface area contributed by atoms with Crippen molar-refractivity contribution in [3.05, 3.63) is 0 Å². The highest BCUT2D eigenvalue weighted by atomic mass is 16.5. The Labute approximate surface area is 49.5 Å². The van der Waals surface area contributed by atoms with Gasteiger partial charge in [-0.2, -0.15) is 0 Å². The third-order valence-electron chi connectivity index (χ3n) is 1.14. The number of hydrogen-bond acceptors (Lipinski definition) is 3. The quantitative estimate of drug-likeness (QED) is 0.497. The van der Waals surface area contributed by atoms with Crippen LogP contribution < -0.4 is 0 Å². The van der Waals surface area contributed by atoms with E-state index in [1.54, 1.807) is 0 Å². The maximum Gasteiger partial charge on any atom is 0.213 e. The topological polar surface area (TPSA) is 43.7 Å². The third kappa shape index (κ3) is 2.26. The molecule has 0 aliphatic heterocycles. The van der Waals surface area contributed by atoms with Crippen molar-refractivity contribution in [3.8, 4) is 0 Å². The Morgan fingerprint density at radius 2 is 1.62 bits per heavy atom. The lowest BCUT2D eigenvalue weighted by atomic mass is 10.5. The number of rotatable bonds is 3. The molecule has 2 N–H and O–H groups in total. The Balaban J connectivity index is 3.35. The molecular formula is C5H13NO2. The summed E-state index contributed by atoms with van der Waals surface area (Å²) in [6.45, 7) is 5.11. The minimum Gasteiger partial charge on any atom is -0.356 e. The van der Waals surface area contributed by atoms with Crippen molar-refractivity contribution in [2.24, 2.45) is 0 Å². The van der Waals surface area contributed by atoms with Crippen molar-refractivity contribution in [1.82, 2.24) is 4.90 Å². The summed E-state index contributed by atoms with van der Waals surface area (Å²) < 4.78 is 0. The molecular weight excluding hydrogens is 106 g/mol. The van der Waals surface area contributed by atoms with Crippen molar-refractivity contribution in [1.29, 1.82) is 0 Å². The maximum absolute atomic E-state index is 8.49. The van der Waals surface area contributed by atoms with Gasteiger partial charge in [0, 0.05) is 0 Å². The molecule has 0 aromatic carbocycles. The fourth-order valence-electron chi connectivity index (χ4n) is 0.550. The van der Waals surface area contributed by atoms with Crippen molar-refractivity contribution in [3.63, 3.8) is 0 Å². The lowest BCUT2D eigenvalue weighted by Gasteiger charge is -2.18. The first-order chi connectivity index (χ1) is 3.72. The number of nitrogens with zero attached hydrogens (tertiary/aromatic N) is 1. The van der Waals surface area contributed by atoms with Gasteiger partial charge in [0.2, 0.25) is 6.41 Å². The monoisotopic (exact) mass is 119 g/mol. The van der Waals surface area contributed by atoms with Gasteiger partial charge in [0.1, 0.15) is 0 Å². The number of aliphatic hydroxyl groups excluding tert-OH is 1. The first-order valence-electron chi connectivity index (χ1n) is 2.82. The minimum absolute atomic E-state index is 0.675. The van der Waals surface area contributed by atoms with Crippen LogP contribution in [0.3, 0.4) is 0 Å². The predicted molar refractivity (Wildman–Crippen MR) is 31.1 cm³/mol. The van der Waals surface area contributed by atoms with Crippen LogP contribution in [0.4, 0.5) is 0 Å². The van der Waals surface area contributed by atoms with Gasteiger partial charge < -0.3 is 10.2 Å². The van der Waals surface area contributed by atoms with Crippen LogP contribution in [0.2, 0.25) is 0 Å². The van der Waals surface area contributed by atoms with E-state index in [1.165, 1.54) is 4.90 Å². The Bertz CT molecular complexity index is 52.4. The van der Waals surface area contributed by atoms with E-state index in [9.17, 15) is 0 Å². The molecule has 0 spiro atoms. The molecule has 0 rings (SSSR count). The van der Waals surface area contributed by atoms with Crippen LogP contribution in [0.1, 0.15) is 13.8 Å². The van der Waals surface area contributed by atoms with Gasteiger partial charge in [-0.05, 0) is 13.1 Å². The van der Waals surface area contributed by atoms with Gasteiger partial charge in [-0.15, -0.1) is 0 Å². The van der Waals surface area contributed by atoms with Gasteiger partial charge in [0.25, 0.3) is 0 Å². The third-order valence-corrected chi connectivity index (χ3v) is 1.14. The van der Waals surface area contributed by atoms with E-state index in [2.05, 4.69) is 0 Å². The summed E-state index contributed by atoms with van der Waals surface area (Å²) >= 11 is 0. The van der Waals surface area contributed by atoms with E-state index >= 15 is 0 Å². The van der Waals surface area contributed by atoms with Crippen LogP contribution >= 0.6 is 0 Å². The van der Waals surface area contributed by atoms with Crippen LogP contribution in [0.25, 0.3) is 0 Å². The van der Waals surface area contributed by atoms with Crippen molar-refractivity contribution in [2.45, 2.75) is 20.3 Å². The van der Waals surface area contributed by atoms with Gasteiger partial charge in [-0.3, -0.25) is 4.90 Å². The Kier molecular flexibility index (Phi) is 3.77. The van der Waals surface area contributed by atoms with Crippen LogP contribution in [0.5, 0.6) is 0 Å². The highest BCUT2D eigenvalue weighted by Crippen LogP contribution is 1.88. The zero-order valence-corrected chi connectivity index (χ0v) is 5.33. The van der Waals surface area contributed by atoms with E-state index in [-0.39, 0.29) is 0 Å². The molecule has 0 aromatic heterocycles. The standard InChI is InChI=1S/C5H13NO2/c1-3-6(4-2)5(7)8/h5,7-8H,3-4H2,1-2H3. The molecule has 50 valence electrons. The largest absolute Gasteiger partial charge is 0.356 e. The van der Waals surface area contributed by atoms with Crippen molar-refractivity contribution in [2.75, 3.05) is 13.1 Å². The molecule has 0 saturated heterocycles. The molecule has 0 aliphatic rings. The van der Waals surface area contributed by atoms with Crippen LogP contribution in [-0.2, 0) is 0 Å². The summed E-state index contributed by atoms with van der Waals surface area (Å²) in [6.07, 6.45) is -1.29. The lowest BCUT2D eigenvalue weighted by Crippen LogP contribution is -2.34. The first kappa shape index (κ1) is 7.88. The van der Waals surface area contributed by atoms with Crippen LogP contribution in [-0.4, -0.2) is 34.6 Å². The fourth-order valence-corrected chi connectivity index (χ4v) is 0.550. The molecule has 3 nitrogen and oxygen atoms in total. The zero-order chi connectivity index (χ0) is 6.57. The average molecular weight is 119 g/mol. The van der Waals surface area contributed by atoms with E-state index in [0.29, 0.717) is 13.1 Å². The molecule has 8 heavy (non-hydrogen) atoms. The van der Waals surface area contributed by atoms with Gasteiger partial charge >= 0.3 is 0 Å². The lowest BCUT2D eigenvalue weighted by molar-refractivity contribution is -0.151. The highest BCUT2D eigenvalue weighted by molar-refractivity contribution is 4.44. The number of hydrogen-bond donors (Lipinski definition) is 2. The SMILES string of the molecule is CCN(CC)C(O)O. The fraction of sp³-hybridized carbons (Fsp3) is 1.00. The molecule has 0 radical (unpaired) electrons. The van der Waals surface area contributed by atoms with Gasteiger partial charge in [-0.25, -0.2) is 0 Å². The highest BCUT2D eigenvalue weighted by Gasteiger charge is 2.04. The molecule has 0 heterocycles. The van der Waals surface area contributed by atoms with Gasteiger partial charge in [-0.1, -0.05) is 13.8 Å². The molecule has 0 bridgehead atoms. The molecule has 0 saturated carbocycles. The van der Waals surface area contributed by atoms with E-state index < -0.39 is 6.41 Å². The smallest absolute Gasteiger partial charge is 0.213 e. The summed E-state index contributed by atoms with van der Waals surface area (Å²) in [7, 11) is 0. The van der Waals surface area contributed by atoms with E-state index in [4.69, 9.17) is 10.2 Å². The minimum atomic E-state index is -1.29. The second-order valence-electron chi connectivity index (χ2n) is 1.57. The van der Waals surface area contributed by atoms with E-state index in [0.717, 1.165) is 0 Å². The number of aliphatic hydroxyl groups is 2. The van der Waals surface area contributed by atoms with Crippen LogP contribution in [0.15, 0.2) is 0 Å². The molecule has 0 atom stereocenters. The average Bonchev–Trinajstić information content (AvgIpc) is 1.69. The molecule has 3 heteroatoms. The predicted octanol–water partition coefficient (Wildman–Crippen LogP) is -0.404. The first-order valence-corrected chi connectivity index (χ1v) is 2.82. The molecule has 0 aliphatic carbocycles. The normalized spacial score (nSPS) is 11.2. The summed E-state index contributed by atoms with van der Waals surface area (Å²) in [5.41, 5.74) is 0. The molecule has 0 fully saturated rings. The van der Waals surface area contributed by atoms with Crippen molar-refractivity contribution < 1.29 is 10.2 Å². The van der Waals surface area contributed by atoms with Gasteiger partial charge in [0.15, 0.2) is 0 Å². The van der Waals surface area contributed by atoms with Crippen LogP contribution in [0, 0.1) is 0 Å². The molecule has 0 unspecified atom stereocenters. The Morgan fingerprint density at radius 3 is 1.62 bits per heavy atom. The second kappa shape index (κ2) is 3.83. The summed E-state index contributed by atoms with van der Waals surface area (Å²) in [6, 6.07) is 0. The molecule has 0 aromatic rings. The summed E-state index contributed by atoms with van der Waals surface area (Å²) in [5.74, 6) is 0. The Hall–Kier alpha value is -0.120. The Morgan fingerprint density at radius 1 is 1.25 bits per heavy atom. The van der Waals surface area contributed by atoms with Gasteiger partial charge in [0.05, 0.1) is 0 Å². The van der Waals surface area contributed by atoms with E-state index in [1.807, 2.05) is 13.8 Å². The molecule has 0 amide bonds. The summed E-state index contributed by atoms with van der Waals surface area (Å²) in [4.78, 5) is 1.53. The zero-order valence-electron chi connectivity index (χ0n) is 5.33. The summed E-state index contributed by atoms with van der Waals surface area (Å²) in [5, 5.41) is 17.0. The van der Waals surface area contributed by atoms with Crippen molar-refractivity contribution >= 4 is 0 Å².